The van der Waals surface area contributed by atoms with E-state index in [0.717, 1.165) is 33.7 Å². The minimum Gasteiger partial charge on any atom is -0.496 e. The monoisotopic (exact) mass is 255 g/mol. The fourth-order valence-corrected chi connectivity index (χ4v) is 1.97. The number of halogens is 1. The maximum absolute atomic E-state index is 10.5. The molecule has 0 bridgehead atoms. The highest BCUT2D eigenvalue weighted by Crippen LogP contribution is 2.32. The first-order valence-corrected chi connectivity index (χ1v) is 5.83. The van der Waals surface area contributed by atoms with Gasteiger partial charge in [0.15, 0.2) is 0 Å². The van der Waals surface area contributed by atoms with Crippen LogP contribution in [0.2, 0.25) is 5.02 Å². The largest absolute Gasteiger partial charge is 0.496 e. The fraction of sp³-hybridized carbons (Fsp3) is 0.462. The number of carbonyl (C=O) groups excluding carboxylic acids is 1. The summed E-state index contributed by atoms with van der Waals surface area (Å²) >= 11 is 6.23. The highest BCUT2D eigenvalue weighted by atomic mass is 35.5. The molecule has 0 aliphatic heterocycles. The number of likely N-dealkylation sites (N-methyl/N-ethyl adjacent to an activating group) is 1. The SMILES string of the molecule is COc1cc(C)c(Cl)c(C)c1CN(C)CC=O. The summed E-state index contributed by atoms with van der Waals surface area (Å²) in [6.45, 7) is 4.97. The fourth-order valence-electron chi connectivity index (χ4n) is 1.80. The first-order valence-electron chi connectivity index (χ1n) is 5.46. The van der Waals surface area contributed by atoms with Gasteiger partial charge in [0.25, 0.3) is 0 Å². The van der Waals surface area contributed by atoms with Crippen molar-refractivity contribution in [1.82, 2.24) is 4.90 Å². The Balaban J connectivity index is 3.12. The molecule has 0 aromatic heterocycles. The summed E-state index contributed by atoms with van der Waals surface area (Å²) in [6.07, 6.45) is 0.887. The second-order valence-corrected chi connectivity index (χ2v) is 4.55. The lowest BCUT2D eigenvalue weighted by Crippen LogP contribution is -2.21. The van der Waals surface area contributed by atoms with Gasteiger partial charge in [-0.2, -0.15) is 0 Å². The standard InChI is InChI=1S/C13H18ClNO2/c1-9-7-12(17-4)11(10(2)13(9)14)8-15(3)5-6-16/h6-7H,5,8H2,1-4H3. The minimum absolute atomic E-state index is 0.397. The van der Waals surface area contributed by atoms with Crippen molar-refractivity contribution in [2.45, 2.75) is 20.4 Å². The van der Waals surface area contributed by atoms with E-state index in [1.807, 2.05) is 31.9 Å². The third kappa shape index (κ3) is 3.20. The van der Waals surface area contributed by atoms with E-state index in [1.165, 1.54) is 0 Å². The second-order valence-electron chi connectivity index (χ2n) is 4.18. The average Bonchev–Trinajstić information content (AvgIpc) is 2.30. The van der Waals surface area contributed by atoms with Crippen molar-refractivity contribution in [3.05, 3.63) is 27.8 Å². The molecule has 3 nitrogen and oxygen atoms in total. The molecule has 0 amide bonds. The molecule has 0 unspecified atom stereocenters. The zero-order valence-corrected chi connectivity index (χ0v) is 11.5. The quantitative estimate of drug-likeness (QED) is 0.758. The van der Waals surface area contributed by atoms with E-state index in [9.17, 15) is 4.79 Å². The number of carbonyl (C=O) groups is 1. The molecule has 94 valence electrons. The van der Waals surface area contributed by atoms with Gasteiger partial charge in [-0.05, 0) is 38.1 Å². The predicted molar refractivity (Wildman–Crippen MR) is 69.9 cm³/mol. The lowest BCUT2D eigenvalue weighted by atomic mass is 10.0. The third-order valence-electron chi connectivity index (χ3n) is 2.81. The normalized spacial score (nSPS) is 10.7. The Labute approximate surface area is 107 Å². The highest BCUT2D eigenvalue weighted by molar-refractivity contribution is 6.32. The van der Waals surface area contributed by atoms with Gasteiger partial charge in [0.2, 0.25) is 0 Å². The van der Waals surface area contributed by atoms with Crippen molar-refractivity contribution in [3.63, 3.8) is 0 Å². The first-order chi connectivity index (χ1) is 8.01. The maximum Gasteiger partial charge on any atom is 0.133 e. The van der Waals surface area contributed by atoms with Gasteiger partial charge in [-0.15, -0.1) is 0 Å². The second kappa shape index (κ2) is 6.03. The number of hydrogen-bond donors (Lipinski definition) is 0. The van der Waals surface area contributed by atoms with Crippen molar-refractivity contribution in [1.29, 1.82) is 0 Å². The predicted octanol–water partition coefficient (Wildman–Crippen LogP) is 2.60. The van der Waals surface area contributed by atoms with Gasteiger partial charge in [0.05, 0.1) is 13.7 Å². The Hall–Kier alpha value is -1.06. The van der Waals surface area contributed by atoms with Crippen LogP contribution in [0.15, 0.2) is 6.07 Å². The summed E-state index contributed by atoms with van der Waals surface area (Å²) in [5, 5.41) is 0.764. The zero-order valence-electron chi connectivity index (χ0n) is 10.7. The van der Waals surface area contributed by atoms with E-state index in [0.29, 0.717) is 13.1 Å². The number of nitrogens with zero attached hydrogens (tertiary/aromatic N) is 1. The smallest absolute Gasteiger partial charge is 0.133 e. The lowest BCUT2D eigenvalue weighted by molar-refractivity contribution is -0.108. The molecular weight excluding hydrogens is 238 g/mol. The Morgan fingerprint density at radius 3 is 2.65 bits per heavy atom. The van der Waals surface area contributed by atoms with Crippen LogP contribution in [-0.4, -0.2) is 31.9 Å². The number of benzene rings is 1. The minimum atomic E-state index is 0.397. The molecule has 1 rings (SSSR count). The molecule has 0 aliphatic carbocycles. The molecule has 4 heteroatoms. The van der Waals surface area contributed by atoms with E-state index in [2.05, 4.69) is 0 Å². The number of rotatable bonds is 5. The molecule has 0 aliphatic rings. The Bertz CT molecular complexity index is 418. The Morgan fingerprint density at radius 1 is 1.47 bits per heavy atom. The topological polar surface area (TPSA) is 29.5 Å². The van der Waals surface area contributed by atoms with Crippen LogP contribution in [0, 0.1) is 13.8 Å². The molecule has 0 spiro atoms. The van der Waals surface area contributed by atoms with Crippen molar-refractivity contribution in [2.24, 2.45) is 0 Å². The molecule has 0 saturated heterocycles. The summed E-state index contributed by atoms with van der Waals surface area (Å²) in [6, 6.07) is 1.93. The summed E-state index contributed by atoms with van der Waals surface area (Å²) in [7, 11) is 3.53. The van der Waals surface area contributed by atoms with Crippen LogP contribution in [0.1, 0.15) is 16.7 Å². The van der Waals surface area contributed by atoms with E-state index < -0.39 is 0 Å². The van der Waals surface area contributed by atoms with Gasteiger partial charge in [-0.1, -0.05) is 11.6 Å². The van der Waals surface area contributed by atoms with Crippen LogP contribution in [0.5, 0.6) is 5.75 Å². The van der Waals surface area contributed by atoms with Gasteiger partial charge >= 0.3 is 0 Å². The molecule has 0 saturated carbocycles. The lowest BCUT2D eigenvalue weighted by Gasteiger charge is -2.19. The van der Waals surface area contributed by atoms with Crippen LogP contribution < -0.4 is 4.74 Å². The number of aldehydes is 1. The van der Waals surface area contributed by atoms with Crippen molar-refractivity contribution < 1.29 is 9.53 Å². The van der Waals surface area contributed by atoms with Crippen LogP contribution in [0.25, 0.3) is 0 Å². The number of aryl methyl sites for hydroxylation is 1. The van der Waals surface area contributed by atoms with Crippen LogP contribution in [-0.2, 0) is 11.3 Å². The molecule has 17 heavy (non-hydrogen) atoms. The van der Waals surface area contributed by atoms with Crippen LogP contribution >= 0.6 is 11.6 Å². The summed E-state index contributed by atoms with van der Waals surface area (Å²) < 4.78 is 5.37. The molecule has 0 fully saturated rings. The molecule has 0 radical (unpaired) electrons. The van der Waals surface area contributed by atoms with E-state index in [4.69, 9.17) is 16.3 Å². The van der Waals surface area contributed by atoms with Crippen molar-refractivity contribution >= 4 is 17.9 Å². The van der Waals surface area contributed by atoms with E-state index >= 15 is 0 Å². The maximum atomic E-state index is 10.5. The highest BCUT2D eigenvalue weighted by Gasteiger charge is 2.14. The zero-order chi connectivity index (χ0) is 13.0. The third-order valence-corrected chi connectivity index (χ3v) is 3.39. The molecule has 0 N–H and O–H groups in total. The summed E-state index contributed by atoms with van der Waals surface area (Å²) in [4.78, 5) is 12.4. The van der Waals surface area contributed by atoms with Gasteiger partial charge < -0.3 is 9.53 Å². The first kappa shape index (κ1) is 14.0. The average molecular weight is 256 g/mol. The Morgan fingerprint density at radius 2 is 2.12 bits per heavy atom. The Kier molecular flexibility index (Phi) is 4.97. The summed E-state index contributed by atoms with van der Waals surface area (Å²) in [5.41, 5.74) is 3.05. The van der Waals surface area contributed by atoms with Gasteiger partial charge in [-0.3, -0.25) is 4.90 Å². The van der Waals surface area contributed by atoms with Crippen LogP contribution in [0.4, 0.5) is 0 Å². The molecule has 1 aromatic carbocycles. The van der Waals surface area contributed by atoms with Crippen molar-refractivity contribution in [2.75, 3.05) is 20.7 Å². The van der Waals surface area contributed by atoms with Crippen molar-refractivity contribution in [3.8, 4) is 5.75 Å². The number of methoxy groups -OCH3 is 1. The van der Waals surface area contributed by atoms with E-state index in [-0.39, 0.29) is 0 Å². The molecular formula is C13H18ClNO2. The van der Waals surface area contributed by atoms with Crippen LogP contribution in [0.3, 0.4) is 0 Å². The number of ether oxygens (including phenoxy) is 1. The number of hydrogen-bond acceptors (Lipinski definition) is 3. The van der Waals surface area contributed by atoms with Gasteiger partial charge in [0, 0.05) is 17.1 Å². The molecule has 0 atom stereocenters. The van der Waals surface area contributed by atoms with Gasteiger partial charge in [-0.25, -0.2) is 0 Å². The summed E-state index contributed by atoms with van der Waals surface area (Å²) in [5.74, 6) is 0.821. The van der Waals surface area contributed by atoms with E-state index in [1.54, 1.807) is 7.11 Å². The molecule has 0 heterocycles. The van der Waals surface area contributed by atoms with Gasteiger partial charge in [0.1, 0.15) is 12.0 Å². The molecule has 1 aromatic rings.